The Morgan fingerprint density at radius 1 is 1.23 bits per heavy atom. The van der Waals surface area contributed by atoms with Crippen LogP contribution in [-0.2, 0) is 11.8 Å². The summed E-state index contributed by atoms with van der Waals surface area (Å²) in [6.45, 7) is 5.60. The third kappa shape index (κ3) is 3.84. The minimum absolute atomic E-state index is 0.0135. The van der Waals surface area contributed by atoms with E-state index in [1.54, 1.807) is 13.1 Å². The van der Waals surface area contributed by atoms with Gasteiger partial charge < -0.3 is 4.57 Å². The van der Waals surface area contributed by atoms with E-state index in [4.69, 9.17) is 0 Å². The second kappa shape index (κ2) is 6.34. The van der Waals surface area contributed by atoms with Crippen LogP contribution in [-0.4, -0.2) is 10.4 Å². The summed E-state index contributed by atoms with van der Waals surface area (Å²) >= 11 is 4.72. The van der Waals surface area contributed by atoms with Crippen LogP contribution in [0.5, 0.6) is 0 Å². The molecule has 3 nitrogen and oxygen atoms in total. The lowest BCUT2D eigenvalue weighted by Gasteiger charge is -2.12. The van der Waals surface area contributed by atoms with Crippen molar-refractivity contribution in [3.05, 3.63) is 53.9 Å². The third-order valence-electron chi connectivity index (χ3n) is 3.22. The van der Waals surface area contributed by atoms with E-state index in [2.05, 4.69) is 15.9 Å². The first-order valence-electron chi connectivity index (χ1n) is 6.88. The molecule has 0 atom stereocenters. The Morgan fingerprint density at radius 2 is 1.82 bits per heavy atom. The molecule has 1 aromatic heterocycles. The van der Waals surface area contributed by atoms with E-state index in [9.17, 15) is 9.59 Å². The highest BCUT2D eigenvalue weighted by Crippen LogP contribution is 2.14. The minimum Gasteiger partial charge on any atom is -0.302 e. The van der Waals surface area contributed by atoms with Gasteiger partial charge >= 0.3 is 0 Å². The number of hydrogen-bond donors (Lipinski definition) is 0. The Bertz CT molecular complexity index is 867. The number of carbonyl (C=O) groups excluding carboxylic acids is 1. The number of rotatable bonds is 2. The summed E-state index contributed by atoms with van der Waals surface area (Å²) in [5.74, 6) is 0.0135. The maximum atomic E-state index is 12.3. The van der Waals surface area contributed by atoms with Crippen molar-refractivity contribution >= 4 is 45.2 Å². The second-order valence-electron chi connectivity index (χ2n) is 6.12. The summed E-state index contributed by atoms with van der Waals surface area (Å²) < 4.78 is 3.82. The molecule has 5 heteroatoms. The molecular formula is C17H18BrNO2S. The monoisotopic (exact) mass is 379 g/mol. The van der Waals surface area contributed by atoms with Gasteiger partial charge in [0.1, 0.15) is 4.66 Å². The number of hydrogen-bond acceptors (Lipinski definition) is 3. The van der Waals surface area contributed by atoms with Crippen molar-refractivity contribution in [2.45, 2.75) is 20.8 Å². The van der Waals surface area contributed by atoms with Gasteiger partial charge in [0.25, 0.3) is 5.56 Å². The van der Waals surface area contributed by atoms with Crippen molar-refractivity contribution in [1.82, 2.24) is 4.57 Å². The van der Waals surface area contributed by atoms with Crippen LogP contribution in [0.25, 0.3) is 12.2 Å². The summed E-state index contributed by atoms with van der Waals surface area (Å²) in [6.07, 6.45) is 3.41. The number of Topliss-reactive ketones (excluding diaryl/α,β-unsaturated/α-hetero) is 1. The molecule has 0 radical (unpaired) electrons. The van der Waals surface area contributed by atoms with Crippen molar-refractivity contribution in [2.24, 2.45) is 12.5 Å². The predicted octanol–water partition coefficient (Wildman–Crippen LogP) is 2.43. The van der Waals surface area contributed by atoms with Crippen molar-refractivity contribution < 1.29 is 4.79 Å². The second-order valence-corrected chi connectivity index (χ2v) is 8.10. The fourth-order valence-electron chi connectivity index (χ4n) is 1.75. The van der Waals surface area contributed by atoms with Gasteiger partial charge in [0.2, 0.25) is 0 Å². The molecule has 0 saturated carbocycles. The highest BCUT2D eigenvalue weighted by atomic mass is 79.9. The van der Waals surface area contributed by atoms with Crippen LogP contribution in [0.15, 0.2) is 33.5 Å². The number of ketones is 1. The maximum Gasteiger partial charge on any atom is 0.268 e. The average molecular weight is 380 g/mol. The lowest BCUT2D eigenvalue weighted by molar-refractivity contribution is -0.120. The molecule has 0 fully saturated rings. The van der Waals surface area contributed by atoms with Crippen LogP contribution in [0.1, 0.15) is 26.3 Å². The van der Waals surface area contributed by atoms with Crippen molar-refractivity contribution in [3.63, 3.8) is 0 Å². The molecular weight excluding hydrogens is 362 g/mol. The molecule has 1 heterocycles. The zero-order valence-electron chi connectivity index (χ0n) is 13.0. The number of carbonyl (C=O) groups is 1. The minimum atomic E-state index is -0.449. The number of thiazole rings is 1. The van der Waals surface area contributed by atoms with Crippen LogP contribution in [0.3, 0.4) is 0 Å². The number of aromatic nitrogens is 1. The van der Waals surface area contributed by atoms with E-state index >= 15 is 0 Å². The smallest absolute Gasteiger partial charge is 0.268 e. The fraction of sp³-hybridized carbons (Fsp3) is 0.294. The lowest BCUT2D eigenvalue weighted by Crippen LogP contribution is -2.30. The molecule has 2 aromatic rings. The zero-order chi connectivity index (χ0) is 16.5. The Hall–Kier alpha value is -1.46. The van der Waals surface area contributed by atoms with Gasteiger partial charge in [0.05, 0.1) is 4.53 Å². The topological polar surface area (TPSA) is 39.1 Å². The van der Waals surface area contributed by atoms with Gasteiger partial charge in [0, 0.05) is 23.0 Å². The normalized spacial score (nSPS) is 13.7. The molecule has 22 heavy (non-hydrogen) atoms. The molecule has 0 aliphatic heterocycles. The first-order valence-corrected chi connectivity index (χ1v) is 8.49. The average Bonchev–Trinajstić information content (AvgIpc) is 2.69. The first kappa shape index (κ1) is 16.9. The summed E-state index contributed by atoms with van der Waals surface area (Å²) in [6, 6.07) is 7.74. The Labute approximate surface area is 141 Å². The van der Waals surface area contributed by atoms with Gasteiger partial charge in [-0.25, -0.2) is 0 Å². The number of benzene rings is 1. The van der Waals surface area contributed by atoms with Gasteiger partial charge in [-0.2, -0.15) is 0 Å². The third-order valence-corrected chi connectivity index (χ3v) is 4.86. The summed E-state index contributed by atoms with van der Waals surface area (Å²) in [5, 5.41) is 0. The van der Waals surface area contributed by atoms with E-state index in [0.717, 1.165) is 10.0 Å². The Morgan fingerprint density at radius 3 is 2.36 bits per heavy atom. The summed E-state index contributed by atoms with van der Waals surface area (Å²) in [7, 11) is 1.69. The maximum absolute atomic E-state index is 12.3. The first-order chi connectivity index (χ1) is 10.2. The quantitative estimate of drug-likeness (QED) is 0.803. The van der Waals surface area contributed by atoms with Gasteiger partial charge in [-0.3, -0.25) is 9.59 Å². The van der Waals surface area contributed by atoms with E-state index in [0.29, 0.717) is 9.20 Å². The molecule has 0 spiro atoms. The lowest BCUT2D eigenvalue weighted by atomic mass is 9.91. The standard InChI is InChI=1S/C17H18BrNO2S/c1-17(2,3)14(20)10-15-19(4)16(21)13(22-15)9-11-5-7-12(18)8-6-11/h5-10H,1-4H3/b13-9+,15-10-. The Balaban J connectivity index is 2.56. The van der Waals surface area contributed by atoms with Crippen LogP contribution >= 0.6 is 27.3 Å². The van der Waals surface area contributed by atoms with Gasteiger partial charge in [-0.05, 0) is 23.8 Å². The molecule has 0 unspecified atom stereocenters. The van der Waals surface area contributed by atoms with E-state index in [1.165, 1.54) is 15.9 Å². The predicted molar refractivity (Wildman–Crippen MR) is 95.4 cm³/mol. The molecule has 0 amide bonds. The van der Waals surface area contributed by atoms with E-state index in [-0.39, 0.29) is 11.3 Å². The molecule has 0 aliphatic rings. The molecule has 0 aliphatic carbocycles. The molecule has 0 N–H and O–H groups in total. The largest absolute Gasteiger partial charge is 0.302 e. The number of halogens is 1. The van der Waals surface area contributed by atoms with Gasteiger partial charge in [-0.1, -0.05) is 48.8 Å². The van der Waals surface area contributed by atoms with Gasteiger partial charge in [0.15, 0.2) is 5.78 Å². The number of nitrogens with zero attached hydrogens (tertiary/aromatic N) is 1. The molecule has 116 valence electrons. The highest BCUT2D eigenvalue weighted by Gasteiger charge is 2.19. The van der Waals surface area contributed by atoms with Crippen molar-refractivity contribution in [1.29, 1.82) is 0 Å². The van der Waals surface area contributed by atoms with Crippen LogP contribution < -0.4 is 14.8 Å². The van der Waals surface area contributed by atoms with Crippen molar-refractivity contribution in [2.75, 3.05) is 0 Å². The van der Waals surface area contributed by atoms with Crippen LogP contribution in [0, 0.1) is 5.41 Å². The molecule has 1 aromatic carbocycles. The molecule has 2 rings (SSSR count). The SMILES string of the molecule is Cn1c(=O)/c(=C\c2ccc(Br)cc2)s/c1=C\C(=O)C(C)(C)C. The van der Waals surface area contributed by atoms with E-state index in [1.807, 2.05) is 51.1 Å². The van der Waals surface area contributed by atoms with E-state index < -0.39 is 5.41 Å². The zero-order valence-corrected chi connectivity index (χ0v) is 15.4. The molecule has 0 bridgehead atoms. The Kier molecular flexibility index (Phi) is 4.87. The highest BCUT2D eigenvalue weighted by molar-refractivity contribution is 9.10. The summed E-state index contributed by atoms with van der Waals surface area (Å²) in [4.78, 5) is 24.4. The van der Waals surface area contributed by atoms with Crippen molar-refractivity contribution in [3.8, 4) is 0 Å². The fourth-order valence-corrected chi connectivity index (χ4v) is 3.04. The summed E-state index contributed by atoms with van der Waals surface area (Å²) in [5.41, 5.74) is 0.423. The van der Waals surface area contributed by atoms with Crippen LogP contribution in [0.4, 0.5) is 0 Å². The van der Waals surface area contributed by atoms with Crippen LogP contribution in [0.2, 0.25) is 0 Å². The van der Waals surface area contributed by atoms with Gasteiger partial charge in [-0.15, -0.1) is 11.3 Å². The molecule has 0 saturated heterocycles.